The lowest BCUT2D eigenvalue weighted by Gasteiger charge is -2.29. The first-order valence-electron chi connectivity index (χ1n) is 9.92. The maximum absolute atomic E-state index is 12.7. The van der Waals surface area contributed by atoms with Crippen molar-refractivity contribution < 1.29 is 13.7 Å². The number of likely N-dealkylation sites (N-methyl/N-ethyl adjacent to an activating group) is 1. The lowest BCUT2D eigenvalue weighted by molar-refractivity contribution is -0.117. The number of carbonyl (C=O) groups excluding carboxylic acids is 1. The molecule has 1 aromatic carbocycles. The number of nitrogens with two attached hydrogens (primary N) is 1. The van der Waals surface area contributed by atoms with E-state index in [0.717, 1.165) is 50.6 Å². The van der Waals surface area contributed by atoms with Gasteiger partial charge in [0.15, 0.2) is 0 Å². The summed E-state index contributed by atoms with van der Waals surface area (Å²) in [7, 11) is -1.09. The lowest BCUT2D eigenvalue weighted by atomic mass is 9.92. The minimum atomic E-state index is -3.08. The van der Waals surface area contributed by atoms with Crippen LogP contribution in [0.15, 0.2) is 10.4 Å². The Kier molecular flexibility index (Phi) is 5.38. The number of carbonyl (C=O) groups is 1. The zero-order valence-corrected chi connectivity index (χ0v) is 16.9. The van der Waals surface area contributed by atoms with Crippen LogP contribution < -0.4 is 5.14 Å². The topological polar surface area (TPSA) is 85.0 Å². The highest BCUT2D eigenvalue weighted by Gasteiger charge is 2.26. The molecule has 6 nitrogen and oxygen atoms in total. The molecule has 4 rings (SSSR count). The quantitative estimate of drug-likeness (QED) is 0.841. The van der Waals surface area contributed by atoms with Gasteiger partial charge < -0.3 is 9.64 Å². The molecule has 0 aromatic heterocycles. The van der Waals surface area contributed by atoms with Gasteiger partial charge in [-0.3, -0.25) is 4.79 Å². The Hall–Kier alpha value is -1.28. The van der Waals surface area contributed by atoms with Crippen LogP contribution in [0.4, 0.5) is 0 Å². The summed E-state index contributed by atoms with van der Waals surface area (Å²) >= 11 is 0. The number of amides is 1. The van der Waals surface area contributed by atoms with Gasteiger partial charge in [0.2, 0.25) is 0 Å². The van der Waals surface area contributed by atoms with Crippen molar-refractivity contribution in [3.05, 3.63) is 33.9 Å². The summed E-state index contributed by atoms with van der Waals surface area (Å²) in [6, 6.07) is 2.35. The highest BCUT2D eigenvalue weighted by Crippen LogP contribution is 2.35. The van der Waals surface area contributed by atoms with E-state index >= 15 is 0 Å². The van der Waals surface area contributed by atoms with Gasteiger partial charge in [-0.15, -0.1) is 4.36 Å². The molecule has 1 aromatic rings. The Balaban J connectivity index is 1.53. The van der Waals surface area contributed by atoms with Gasteiger partial charge in [0.05, 0.1) is 24.9 Å². The largest absolute Gasteiger partial charge is 0.375 e. The van der Waals surface area contributed by atoms with Crippen LogP contribution >= 0.6 is 0 Å². The first kappa shape index (κ1) is 19.1. The molecule has 0 spiro atoms. The molecular weight excluding hydrogens is 362 g/mol. The van der Waals surface area contributed by atoms with Crippen LogP contribution in [0.25, 0.3) is 0 Å². The lowest BCUT2D eigenvalue weighted by Crippen LogP contribution is -2.44. The molecule has 1 amide bonds. The monoisotopic (exact) mass is 391 g/mol. The molecule has 0 bridgehead atoms. The maximum Gasteiger partial charge on any atom is 0.259 e. The Labute approximate surface area is 161 Å². The van der Waals surface area contributed by atoms with Crippen molar-refractivity contribution in [1.82, 2.24) is 4.90 Å². The van der Waals surface area contributed by atoms with Crippen molar-refractivity contribution in [3.63, 3.8) is 0 Å². The van der Waals surface area contributed by atoms with Crippen LogP contribution in [-0.2, 0) is 51.6 Å². The van der Waals surface area contributed by atoms with Gasteiger partial charge in [-0.1, -0.05) is 6.07 Å². The van der Waals surface area contributed by atoms with Crippen LogP contribution in [0.3, 0.4) is 0 Å². The molecule has 2 unspecified atom stereocenters. The SMILES string of the molecule is CN1CCOC(CS(N)(=O)=NC(=O)Cc2c3c(cc4c2CCC4)CCC3)C1. The van der Waals surface area contributed by atoms with E-state index in [1.165, 1.54) is 22.3 Å². The van der Waals surface area contributed by atoms with Crippen molar-refractivity contribution in [2.45, 2.75) is 51.0 Å². The van der Waals surface area contributed by atoms with E-state index in [1.807, 2.05) is 7.05 Å². The molecule has 0 radical (unpaired) electrons. The zero-order chi connectivity index (χ0) is 19.0. The van der Waals surface area contributed by atoms with Gasteiger partial charge in [-0.25, -0.2) is 9.35 Å². The third-order valence-electron chi connectivity index (χ3n) is 5.95. The number of benzene rings is 1. The smallest absolute Gasteiger partial charge is 0.259 e. The number of hydrogen-bond acceptors (Lipinski definition) is 4. The third-order valence-corrected chi connectivity index (χ3v) is 7.31. The van der Waals surface area contributed by atoms with E-state index in [1.54, 1.807) is 0 Å². The number of morpholine rings is 1. The number of nitrogens with zero attached hydrogens (tertiary/aromatic N) is 2. The highest BCUT2D eigenvalue weighted by atomic mass is 32.2. The molecule has 2 N–H and O–H groups in total. The average Bonchev–Trinajstić information content (AvgIpc) is 3.22. The molecular formula is C20H29N3O3S. The molecule has 2 atom stereocenters. The van der Waals surface area contributed by atoms with E-state index in [2.05, 4.69) is 15.3 Å². The van der Waals surface area contributed by atoms with E-state index in [4.69, 9.17) is 9.88 Å². The fourth-order valence-corrected chi connectivity index (χ4v) is 5.99. The molecule has 3 aliphatic rings. The van der Waals surface area contributed by atoms with Gasteiger partial charge in [0, 0.05) is 13.1 Å². The number of aryl methyl sites for hydroxylation is 2. The van der Waals surface area contributed by atoms with Crippen LogP contribution in [0.2, 0.25) is 0 Å². The highest BCUT2D eigenvalue weighted by molar-refractivity contribution is 7.91. The fourth-order valence-electron chi connectivity index (χ4n) is 4.78. The predicted octanol–water partition coefficient (Wildman–Crippen LogP) is 1.41. The molecule has 1 fully saturated rings. The van der Waals surface area contributed by atoms with Crippen molar-refractivity contribution in [2.75, 3.05) is 32.5 Å². The van der Waals surface area contributed by atoms with E-state index in [0.29, 0.717) is 13.2 Å². The molecule has 2 aliphatic carbocycles. The second kappa shape index (κ2) is 7.62. The summed E-state index contributed by atoms with van der Waals surface area (Å²) in [5.41, 5.74) is 6.60. The van der Waals surface area contributed by atoms with Crippen molar-refractivity contribution in [3.8, 4) is 0 Å². The minimum absolute atomic E-state index is 0.105. The van der Waals surface area contributed by atoms with Crippen molar-refractivity contribution in [2.24, 2.45) is 9.50 Å². The molecule has 0 saturated carbocycles. The van der Waals surface area contributed by atoms with E-state index < -0.39 is 9.92 Å². The number of fused-ring (bicyclic) bond motifs is 2. The summed E-state index contributed by atoms with van der Waals surface area (Å²) in [4.78, 5) is 14.8. The van der Waals surface area contributed by atoms with Gasteiger partial charge in [0.25, 0.3) is 5.91 Å². The van der Waals surface area contributed by atoms with Gasteiger partial charge in [0.1, 0.15) is 9.92 Å². The fraction of sp³-hybridized carbons (Fsp3) is 0.650. The Morgan fingerprint density at radius 3 is 2.56 bits per heavy atom. The number of hydrogen-bond donors (Lipinski definition) is 1. The van der Waals surface area contributed by atoms with Crippen LogP contribution in [-0.4, -0.2) is 53.6 Å². The van der Waals surface area contributed by atoms with E-state index in [9.17, 15) is 9.00 Å². The number of rotatable bonds is 4. The summed E-state index contributed by atoms with van der Waals surface area (Å²) < 4.78 is 22.3. The molecule has 1 saturated heterocycles. The number of ether oxygens (including phenoxy) is 1. The average molecular weight is 392 g/mol. The van der Waals surface area contributed by atoms with Crippen molar-refractivity contribution >= 4 is 15.8 Å². The summed E-state index contributed by atoms with van der Waals surface area (Å²) in [5, 5.41) is 5.91. The Morgan fingerprint density at radius 2 is 1.93 bits per heavy atom. The second-order valence-corrected chi connectivity index (χ2v) is 10.0. The molecule has 1 aliphatic heterocycles. The normalized spacial score (nSPS) is 24.3. The first-order chi connectivity index (χ1) is 12.9. The zero-order valence-electron chi connectivity index (χ0n) is 16.0. The van der Waals surface area contributed by atoms with Gasteiger partial charge in [-0.05, 0) is 73.4 Å². The molecule has 7 heteroatoms. The third kappa shape index (κ3) is 4.26. The molecule has 148 valence electrons. The van der Waals surface area contributed by atoms with Crippen molar-refractivity contribution in [1.29, 1.82) is 0 Å². The standard InChI is InChI=1S/C20H29N3O3S/c1-23-8-9-26-16(12-23)13-27(21,25)22-20(24)11-19-17-6-2-4-14(17)10-15-5-3-7-18(15)19/h10,16H,2-9,11-13H2,1H3,(H2,21,22,24,25). The predicted molar refractivity (Wildman–Crippen MR) is 106 cm³/mol. The van der Waals surface area contributed by atoms with Gasteiger partial charge in [-0.2, -0.15) is 0 Å². The van der Waals surface area contributed by atoms with Gasteiger partial charge >= 0.3 is 0 Å². The maximum atomic E-state index is 12.7. The van der Waals surface area contributed by atoms with E-state index in [-0.39, 0.29) is 24.2 Å². The Morgan fingerprint density at radius 1 is 1.26 bits per heavy atom. The van der Waals surface area contributed by atoms with Crippen LogP contribution in [0.1, 0.15) is 40.7 Å². The van der Waals surface area contributed by atoms with Crippen LogP contribution in [0, 0.1) is 0 Å². The minimum Gasteiger partial charge on any atom is -0.375 e. The summed E-state index contributed by atoms with van der Waals surface area (Å²) in [6.45, 7) is 2.10. The summed E-state index contributed by atoms with van der Waals surface area (Å²) in [5.74, 6) is -0.255. The Bertz CT molecular complexity index is 841. The first-order valence-corrected chi connectivity index (χ1v) is 11.7. The molecule has 1 heterocycles. The molecule has 27 heavy (non-hydrogen) atoms. The summed E-state index contributed by atoms with van der Waals surface area (Å²) in [6.07, 6.45) is 6.56. The van der Waals surface area contributed by atoms with Crippen LogP contribution in [0.5, 0.6) is 0 Å². The second-order valence-electron chi connectivity index (χ2n) is 8.11.